The average molecular weight is 218 g/mol. The molecule has 0 bridgehead atoms. The molecule has 0 saturated carbocycles. The lowest BCUT2D eigenvalue weighted by Crippen LogP contribution is -1.95. The summed E-state index contributed by atoms with van der Waals surface area (Å²) in [6.45, 7) is 1.83. The van der Waals surface area contributed by atoms with Crippen LogP contribution in [0, 0.1) is 12.7 Å². The van der Waals surface area contributed by atoms with E-state index in [2.05, 4.69) is 9.97 Å². The maximum absolute atomic E-state index is 13.7. The molecule has 82 valence electrons. The second kappa shape index (κ2) is 4.26. The maximum Gasteiger partial charge on any atom is 0.136 e. The normalized spacial score (nSPS) is 10.2. The van der Waals surface area contributed by atoms with Gasteiger partial charge in [0.05, 0.1) is 18.4 Å². The molecule has 0 aliphatic carbocycles. The molecular weight excluding hydrogens is 207 g/mol. The van der Waals surface area contributed by atoms with Gasteiger partial charge >= 0.3 is 0 Å². The lowest BCUT2D eigenvalue weighted by molar-refractivity contribution is 0.413. The quantitative estimate of drug-likeness (QED) is 0.777. The lowest BCUT2D eigenvalue weighted by Gasteiger charge is -2.08. The molecule has 4 heteroatoms. The van der Waals surface area contributed by atoms with E-state index in [1.54, 1.807) is 18.2 Å². The number of halogens is 1. The zero-order valence-electron chi connectivity index (χ0n) is 9.07. The molecule has 1 aromatic heterocycles. The molecule has 0 aliphatic rings. The standard InChI is InChI=1S/C12H11FN2O/c1-8-6-10(15-7-14-8)12-9(13)4-3-5-11(12)16-2/h3-7H,1-2H3. The van der Waals surface area contributed by atoms with Gasteiger partial charge in [-0.15, -0.1) is 0 Å². The number of methoxy groups -OCH3 is 1. The Morgan fingerprint density at radius 2 is 2.06 bits per heavy atom. The van der Waals surface area contributed by atoms with Gasteiger partial charge in [-0.1, -0.05) is 6.07 Å². The Balaban J connectivity index is 2.63. The summed E-state index contributed by atoms with van der Waals surface area (Å²) < 4.78 is 18.8. The highest BCUT2D eigenvalue weighted by Crippen LogP contribution is 2.30. The van der Waals surface area contributed by atoms with Gasteiger partial charge in [-0.3, -0.25) is 0 Å². The van der Waals surface area contributed by atoms with Crippen LogP contribution in [0.15, 0.2) is 30.6 Å². The van der Waals surface area contributed by atoms with Crippen molar-refractivity contribution in [3.63, 3.8) is 0 Å². The summed E-state index contributed by atoms with van der Waals surface area (Å²) in [5.41, 5.74) is 1.69. The van der Waals surface area contributed by atoms with Crippen LogP contribution in [0.3, 0.4) is 0 Å². The summed E-state index contributed by atoms with van der Waals surface area (Å²) in [5.74, 6) is 0.121. The van der Waals surface area contributed by atoms with Crippen LogP contribution in [-0.2, 0) is 0 Å². The highest BCUT2D eigenvalue weighted by molar-refractivity contribution is 5.67. The molecule has 0 radical (unpaired) electrons. The van der Waals surface area contributed by atoms with Gasteiger partial charge in [0.25, 0.3) is 0 Å². The molecule has 3 nitrogen and oxygen atoms in total. The minimum Gasteiger partial charge on any atom is -0.496 e. The second-order valence-corrected chi connectivity index (χ2v) is 3.36. The van der Waals surface area contributed by atoms with Gasteiger partial charge in [0.15, 0.2) is 0 Å². The third-order valence-corrected chi connectivity index (χ3v) is 2.26. The van der Waals surface area contributed by atoms with Crippen molar-refractivity contribution < 1.29 is 9.13 Å². The van der Waals surface area contributed by atoms with Gasteiger partial charge < -0.3 is 4.74 Å². The first-order valence-corrected chi connectivity index (χ1v) is 4.84. The largest absolute Gasteiger partial charge is 0.496 e. The summed E-state index contributed by atoms with van der Waals surface area (Å²) in [6.07, 6.45) is 1.41. The Morgan fingerprint density at radius 3 is 2.75 bits per heavy atom. The zero-order valence-corrected chi connectivity index (χ0v) is 9.07. The van der Waals surface area contributed by atoms with E-state index in [4.69, 9.17) is 4.74 Å². The molecular formula is C12H11FN2O. The first kappa shape index (κ1) is 10.5. The third kappa shape index (κ3) is 1.86. The number of hydrogen-bond acceptors (Lipinski definition) is 3. The molecule has 0 fully saturated rings. The zero-order chi connectivity index (χ0) is 11.5. The number of hydrogen-bond donors (Lipinski definition) is 0. The van der Waals surface area contributed by atoms with E-state index in [0.717, 1.165) is 5.69 Å². The van der Waals surface area contributed by atoms with Gasteiger partial charge in [0, 0.05) is 5.69 Å². The first-order chi connectivity index (χ1) is 7.72. The molecule has 2 aromatic rings. The maximum atomic E-state index is 13.7. The van der Waals surface area contributed by atoms with E-state index in [9.17, 15) is 4.39 Å². The second-order valence-electron chi connectivity index (χ2n) is 3.36. The van der Waals surface area contributed by atoms with E-state index in [1.807, 2.05) is 6.92 Å². The summed E-state index contributed by atoms with van der Waals surface area (Å²) in [6, 6.07) is 6.41. The molecule has 0 spiro atoms. The third-order valence-electron chi connectivity index (χ3n) is 2.26. The van der Waals surface area contributed by atoms with E-state index in [-0.39, 0.29) is 5.82 Å². The van der Waals surface area contributed by atoms with Crippen LogP contribution in [-0.4, -0.2) is 17.1 Å². The summed E-state index contributed by atoms with van der Waals surface area (Å²) in [7, 11) is 1.51. The Labute approximate surface area is 92.9 Å². The number of ether oxygens (including phenoxy) is 1. The Morgan fingerprint density at radius 1 is 1.25 bits per heavy atom. The highest BCUT2D eigenvalue weighted by atomic mass is 19.1. The molecule has 0 N–H and O–H groups in total. The Kier molecular flexibility index (Phi) is 2.81. The molecule has 0 amide bonds. The molecule has 16 heavy (non-hydrogen) atoms. The van der Waals surface area contributed by atoms with Gasteiger partial charge in [-0.2, -0.15) is 0 Å². The molecule has 1 aromatic carbocycles. The van der Waals surface area contributed by atoms with Gasteiger partial charge in [-0.05, 0) is 25.1 Å². The fraction of sp³-hybridized carbons (Fsp3) is 0.167. The van der Waals surface area contributed by atoms with Crippen LogP contribution in [0.5, 0.6) is 5.75 Å². The molecule has 0 aliphatic heterocycles. The number of nitrogens with zero attached hydrogens (tertiary/aromatic N) is 2. The summed E-state index contributed by atoms with van der Waals surface area (Å²) in [4.78, 5) is 8.02. The molecule has 0 unspecified atom stereocenters. The summed E-state index contributed by atoms with van der Waals surface area (Å²) >= 11 is 0. The molecule has 0 atom stereocenters. The predicted octanol–water partition coefficient (Wildman–Crippen LogP) is 2.60. The van der Waals surface area contributed by atoms with Crippen molar-refractivity contribution in [2.45, 2.75) is 6.92 Å². The van der Waals surface area contributed by atoms with Crippen LogP contribution < -0.4 is 4.74 Å². The highest BCUT2D eigenvalue weighted by Gasteiger charge is 2.12. The topological polar surface area (TPSA) is 35.0 Å². The molecule has 2 rings (SSSR count). The van der Waals surface area contributed by atoms with E-state index in [1.165, 1.54) is 19.5 Å². The number of aromatic nitrogens is 2. The predicted molar refractivity (Wildman–Crippen MR) is 58.7 cm³/mol. The molecule has 1 heterocycles. The number of rotatable bonds is 2. The first-order valence-electron chi connectivity index (χ1n) is 4.84. The SMILES string of the molecule is COc1cccc(F)c1-c1cc(C)ncn1. The number of aryl methyl sites for hydroxylation is 1. The van der Waals surface area contributed by atoms with Crippen molar-refractivity contribution in [3.05, 3.63) is 42.1 Å². The van der Waals surface area contributed by atoms with Gasteiger partial charge in [-0.25, -0.2) is 14.4 Å². The average Bonchev–Trinajstić information content (AvgIpc) is 2.28. The van der Waals surface area contributed by atoms with Crippen molar-refractivity contribution in [1.82, 2.24) is 9.97 Å². The molecule has 0 saturated heterocycles. The van der Waals surface area contributed by atoms with Crippen LogP contribution >= 0.6 is 0 Å². The minimum absolute atomic E-state index is 0.350. The fourth-order valence-electron chi connectivity index (χ4n) is 1.51. The number of benzene rings is 1. The van der Waals surface area contributed by atoms with Gasteiger partial charge in [0.2, 0.25) is 0 Å². The Hall–Kier alpha value is -1.97. The lowest BCUT2D eigenvalue weighted by atomic mass is 10.1. The van der Waals surface area contributed by atoms with E-state index >= 15 is 0 Å². The summed E-state index contributed by atoms with van der Waals surface area (Å²) in [5, 5.41) is 0. The van der Waals surface area contributed by atoms with Crippen molar-refractivity contribution in [2.75, 3.05) is 7.11 Å². The monoisotopic (exact) mass is 218 g/mol. The fourth-order valence-corrected chi connectivity index (χ4v) is 1.51. The van der Waals surface area contributed by atoms with Crippen molar-refractivity contribution in [1.29, 1.82) is 0 Å². The van der Waals surface area contributed by atoms with Crippen LogP contribution in [0.4, 0.5) is 4.39 Å². The van der Waals surface area contributed by atoms with Gasteiger partial charge in [0.1, 0.15) is 17.9 Å². The minimum atomic E-state index is -0.350. The van der Waals surface area contributed by atoms with Crippen LogP contribution in [0.2, 0.25) is 0 Å². The van der Waals surface area contributed by atoms with Crippen molar-refractivity contribution in [2.24, 2.45) is 0 Å². The smallest absolute Gasteiger partial charge is 0.136 e. The van der Waals surface area contributed by atoms with Crippen molar-refractivity contribution >= 4 is 0 Å². The van der Waals surface area contributed by atoms with Crippen molar-refractivity contribution in [3.8, 4) is 17.0 Å². The van der Waals surface area contributed by atoms with E-state index in [0.29, 0.717) is 17.0 Å². The van der Waals surface area contributed by atoms with E-state index < -0.39 is 0 Å². The van der Waals surface area contributed by atoms with Crippen LogP contribution in [0.25, 0.3) is 11.3 Å². The Bertz CT molecular complexity index is 514. The van der Waals surface area contributed by atoms with Crippen LogP contribution in [0.1, 0.15) is 5.69 Å².